The smallest absolute Gasteiger partial charge is 0.380 e. The van der Waals surface area contributed by atoms with Gasteiger partial charge in [0, 0.05) is 118 Å². The molecule has 4 saturated heterocycles. The largest absolute Gasteiger partial charge is 0.501 e. The first-order chi connectivity index (χ1) is 34.4. The number of alkyl halides is 3. The Bertz CT molecular complexity index is 2800. The van der Waals surface area contributed by atoms with Gasteiger partial charge in [0.1, 0.15) is 4.90 Å². The van der Waals surface area contributed by atoms with Crippen LogP contribution in [-0.4, -0.2) is 152 Å². The molecular weight excluding hydrogens is 1040 g/mol. The van der Waals surface area contributed by atoms with Gasteiger partial charge in [0.05, 0.1) is 23.3 Å². The molecule has 21 heteroatoms. The minimum atomic E-state index is -6.06. The van der Waals surface area contributed by atoms with E-state index >= 15 is 0 Å². The van der Waals surface area contributed by atoms with Crippen molar-refractivity contribution >= 4 is 78.5 Å². The molecule has 73 heavy (non-hydrogen) atoms. The van der Waals surface area contributed by atoms with E-state index in [-0.39, 0.29) is 35.5 Å². The van der Waals surface area contributed by atoms with Crippen molar-refractivity contribution in [2.24, 2.45) is 5.41 Å². The Morgan fingerprint density at radius 2 is 1.63 bits per heavy atom. The molecule has 0 saturated carbocycles. The van der Waals surface area contributed by atoms with Crippen LogP contribution in [0.15, 0.2) is 117 Å². The maximum absolute atomic E-state index is 14.3. The lowest BCUT2D eigenvalue weighted by atomic mass is 9.71. The standard InChI is InChI=1S/C52H63ClF3N7O6S3.ClH/c1-51(36-61-23-20-57-21-24-61)19-17-47(37-7-11-40(53)12-8-37)39(31-51)32-60-25-27-62(28-26-60)42-13-9-38(10-14-42)50(64)59-72(67,68)46-15-16-48(49(30-46)71(65,66)52(54,55)56)58-41(35-70-45-5-3-2-4-6-45)18-22-63-33-44-29-43(63)34-69-44;/h2-16,30,41,43-44,57-58H,17-29,31-36H2,1H3,(H,59,64);1H/t41-,43-,44-,51?;/m1./s1. The highest BCUT2D eigenvalue weighted by molar-refractivity contribution is 7.99. The third kappa shape index (κ3) is 13.6. The van der Waals surface area contributed by atoms with Gasteiger partial charge in [0.25, 0.3) is 25.8 Å². The van der Waals surface area contributed by atoms with Gasteiger partial charge in [-0.3, -0.25) is 14.6 Å². The number of hydrogen-bond acceptors (Lipinski definition) is 13. The predicted octanol–water partition coefficient (Wildman–Crippen LogP) is 8.28. The van der Waals surface area contributed by atoms with Crippen LogP contribution in [0.1, 0.15) is 54.9 Å². The monoisotopic (exact) mass is 1110 g/mol. The number of allylic oxidation sites excluding steroid dienone is 1. The number of carbonyl (C=O) groups excluding carboxylic acids is 1. The Hall–Kier alpha value is -3.89. The van der Waals surface area contributed by atoms with Gasteiger partial charge in [-0.2, -0.15) is 13.2 Å². The Balaban J connectivity index is 0.00000711. The van der Waals surface area contributed by atoms with E-state index in [0.717, 1.165) is 125 Å². The number of amides is 1. The second-order valence-electron chi connectivity index (χ2n) is 20.0. The second kappa shape index (κ2) is 23.6. The van der Waals surface area contributed by atoms with Crippen molar-refractivity contribution in [3.05, 3.63) is 119 Å². The van der Waals surface area contributed by atoms with Crippen LogP contribution in [0.4, 0.5) is 24.5 Å². The number of ether oxygens (including phenoxy) is 1. The van der Waals surface area contributed by atoms with E-state index < -0.39 is 52.8 Å². The molecule has 4 aliphatic heterocycles. The van der Waals surface area contributed by atoms with Crippen molar-refractivity contribution in [1.82, 2.24) is 24.7 Å². The molecular formula is C52H64Cl2F3N7O6S3. The highest BCUT2D eigenvalue weighted by Gasteiger charge is 2.49. The molecule has 4 aromatic rings. The van der Waals surface area contributed by atoms with Crippen LogP contribution in [0.3, 0.4) is 0 Å². The fourth-order valence-corrected chi connectivity index (χ4v) is 14.0. The maximum atomic E-state index is 14.3. The number of benzene rings is 4. The molecule has 0 aromatic heterocycles. The third-order valence-corrected chi connectivity index (χ3v) is 19.0. The number of anilines is 2. The van der Waals surface area contributed by atoms with Crippen LogP contribution in [0.5, 0.6) is 0 Å². The summed E-state index contributed by atoms with van der Waals surface area (Å²) in [4.78, 5) is 21.9. The van der Waals surface area contributed by atoms with Crippen molar-refractivity contribution in [1.29, 1.82) is 0 Å². The number of carbonyl (C=O) groups is 1. The Kier molecular flexibility index (Phi) is 17.9. The molecule has 3 N–H and O–H groups in total. The van der Waals surface area contributed by atoms with Gasteiger partial charge >= 0.3 is 5.51 Å². The van der Waals surface area contributed by atoms with Gasteiger partial charge < -0.3 is 25.2 Å². The summed E-state index contributed by atoms with van der Waals surface area (Å²) < 4.78 is 104. The normalized spacial score (nSPS) is 22.8. The summed E-state index contributed by atoms with van der Waals surface area (Å²) in [5.74, 6) is -0.643. The molecule has 1 amide bonds. The number of likely N-dealkylation sites (tertiary alicyclic amines) is 1. The second-order valence-corrected chi connectivity index (χ2v) is 25.2. The summed E-state index contributed by atoms with van der Waals surface area (Å²) in [6.07, 6.45) is 4.67. The van der Waals surface area contributed by atoms with E-state index in [2.05, 4.69) is 49.3 Å². The van der Waals surface area contributed by atoms with Crippen molar-refractivity contribution < 1.29 is 39.5 Å². The van der Waals surface area contributed by atoms with Gasteiger partial charge in [0.2, 0.25) is 0 Å². The summed E-state index contributed by atoms with van der Waals surface area (Å²) in [6, 6.07) is 26.3. The molecule has 2 bridgehead atoms. The first kappa shape index (κ1) is 55.3. The molecule has 4 fully saturated rings. The van der Waals surface area contributed by atoms with Crippen molar-refractivity contribution in [3.63, 3.8) is 0 Å². The molecule has 1 unspecified atom stereocenters. The number of halogens is 5. The molecule has 0 spiro atoms. The number of fused-ring (bicyclic) bond motifs is 2. The molecule has 1 aliphatic carbocycles. The first-order valence-electron chi connectivity index (χ1n) is 24.7. The highest BCUT2D eigenvalue weighted by Crippen LogP contribution is 2.44. The van der Waals surface area contributed by atoms with Gasteiger partial charge in [-0.15, -0.1) is 24.2 Å². The van der Waals surface area contributed by atoms with E-state index in [4.69, 9.17) is 16.3 Å². The lowest BCUT2D eigenvalue weighted by Crippen LogP contribution is -2.49. The molecule has 9 rings (SSSR count). The van der Waals surface area contributed by atoms with E-state index in [0.29, 0.717) is 31.4 Å². The lowest BCUT2D eigenvalue weighted by molar-refractivity contribution is -0.0435. The number of sulfonamides is 1. The van der Waals surface area contributed by atoms with E-state index in [9.17, 15) is 34.8 Å². The van der Waals surface area contributed by atoms with Gasteiger partial charge in [-0.25, -0.2) is 21.6 Å². The minimum absolute atomic E-state index is 0. The van der Waals surface area contributed by atoms with E-state index in [1.807, 2.05) is 47.2 Å². The number of rotatable bonds is 18. The quantitative estimate of drug-likeness (QED) is 0.0824. The number of sulfone groups is 1. The zero-order chi connectivity index (χ0) is 50.7. The zero-order valence-corrected chi connectivity index (χ0v) is 44.8. The molecule has 0 radical (unpaired) electrons. The summed E-state index contributed by atoms with van der Waals surface area (Å²) in [6.45, 7) is 13.6. The molecule has 4 aromatic carbocycles. The number of nitrogens with one attached hydrogen (secondary N) is 3. The van der Waals surface area contributed by atoms with Crippen molar-refractivity contribution in [3.8, 4) is 0 Å². The number of morpholine rings is 1. The highest BCUT2D eigenvalue weighted by atomic mass is 35.5. The van der Waals surface area contributed by atoms with Crippen molar-refractivity contribution in [2.75, 3.05) is 101 Å². The Labute approximate surface area is 443 Å². The number of nitrogens with zero attached hydrogens (tertiary/aromatic N) is 4. The van der Waals surface area contributed by atoms with Crippen LogP contribution in [0, 0.1) is 5.41 Å². The molecule has 4 heterocycles. The molecule has 13 nitrogen and oxygen atoms in total. The zero-order valence-electron chi connectivity index (χ0n) is 40.8. The third-order valence-electron chi connectivity index (χ3n) is 14.8. The maximum Gasteiger partial charge on any atom is 0.501 e. The summed E-state index contributed by atoms with van der Waals surface area (Å²) in [7, 11) is -10.9. The van der Waals surface area contributed by atoms with E-state index in [1.54, 1.807) is 12.1 Å². The summed E-state index contributed by atoms with van der Waals surface area (Å²) in [5, 5.41) is 7.22. The van der Waals surface area contributed by atoms with Gasteiger partial charge in [-0.05, 0) is 115 Å². The van der Waals surface area contributed by atoms with Gasteiger partial charge in [0.15, 0.2) is 0 Å². The summed E-state index contributed by atoms with van der Waals surface area (Å²) >= 11 is 7.75. The van der Waals surface area contributed by atoms with Crippen molar-refractivity contribution in [2.45, 2.75) is 77.4 Å². The fourth-order valence-electron chi connectivity index (χ4n) is 10.8. The minimum Gasteiger partial charge on any atom is -0.380 e. The SMILES string of the molecule is CC1(CN2CCNCC2)CCC(c2ccc(Cl)cc2)=C(CN2CCN(c3ccc(C(=O)NS(=O)(=O)c4ccc(N[C@H](CCN5C[C@H]6C[C@@H]5CO6)CSc5ccccc5)c(S(=O)(=O)C(F)(F)F)c4)cc3)CC2)C1.Cl. The first-order valence-corrected chi connectivity index (χ1v) is 29.0. The number of thioether (sulfide) groups is 1. The molecule has 396 valence electrons. The average Bonchev–Trinajstić information content (AvgIpc) is 4.00. The average molecular weight is 1110 g/mol. The Morgan fingerprint density at radius 3 is 2.29 bits per heavy atom. The Morgan fingerprint density at radius 1 is 0.918 bits per heavy atom. The fraction of sp³-hybridized carbons (Fsp3) is 0.481. The van der Waals surface area contributed by atoms with E-state index in [1.165, 1.54) is 40.6 Å². The number of hydrogen-bond donors (Lipinski definition) is 3. The molecule has 4 atom stereocenters. The molecule has 5 aliphatic rings. The van der Waals surface area contributed by atoms with Crippen LogP contribution >= 0.6 is 35.8 Å². The van der Waals surface area contributed by atoms with Crippen LogP contribution in [-0.2, 0) is 24.6 Å². The van der Waals surface area contributed by atoms with Crippen LogP contribution in [0.25, 0.3) is 5.57 Å². The predicted molar refractivity (Wildman–Crippen MR) is 285 cm³/mol. The van der Waals surface area contributed by atoms with Crippen LogP contribution < -0.4 is 20.3 Å². The lowest BCUT2D eigenvalue weighted by Gasteiger charge is -2.43. The topological polar surface area (TPSA) is 144 Å². The van der Waals surface area contributed by atoms with Gasteiger partial charge in [-0.1, -0.05) is 54.4 Å². The summed E-state index contributed by atoms with van der Waals surface area (Å²) in [5.41, 5.74) is -1.00. The van der Waals surface area contributed by atoms with Crippen LogP contribution in [0.2, 0.25) is 5.02 Å². The number of piperazine rings is 2.